The van der Waals surface area contributed by atoms with Crippen molar-refractivity contribution in [3.8, 4) is 6.07 Å². The summed E-state index contributed by atoms with van der Waals surface area (Å²) in [5.74, 6) is -0.821. The van der Waals surface area contributed by atoms with Crippen LogP contribution in [0.2, 0.25) is 20.1 Å². The minimum atomic E-state index is -0.725. The van der Waals surface area contributed by atoms with Crippen LogP contribution in [0.4, 0.5) is 11.4 Å². The van der Waals surface area contributed by atoms with E-state index >= 15 is 0 Å². The first-order valence-corrected chi connectivity index (χ1v) is 12.0. The summed E-state index contributed by atoms with van der Waals surface area (Å²) in [6.07, 6.45) is 9.25. The molecule has 7 nitrogen and oxygen atoms in total. The Morgan fingerprint density at radius 2 is 1.18 bits per heavy atom. The molecule has 0 amide bonds. The second-order valence-corrected chi connectivity index (χ2v) is 9.52. The second-order valence-electron chi connectivity index (χ2n) is 7.89. The standard InChI is InChI=1S/C11H11Cl2N3.C11H12Cl2N2O2/c12-9-6-15-7-10(13)11(9)16-3-1-8(5-14)2-4-16;12-8-5-14-6-9(13)10(8)15-3-1-7(2-4-15)11(16)17/h6-8H,1-4H2;5-7H,1-4H2,(H,16,17). The van der Waals surface area contributed by atoms with E-state index in [2.05, 4.69) is 20.9 Å². The van der Waals surface area contributed by atoms with Gasteiger partial charge in [-0.25, -0.2) is 0 Å². The highest BCUT2D eigenvalue weighted by Gasteiger charge is 2.26. The van der Waals surface area contributed by atoms with Gasteiger partial charge in [0.15, 0.2) is 0 Å². The molecule has 2 aliphatic rings. The van der Waals surface area contributed by atoms with Crippen LogP contribution >= 0.6 is 46.4 Å². The van der Waals surface area contributed by atoms with Crippen LogP contribution in [0, 0.1) is 23.2 Å². The van der Waals surface area contributed by atoms with E-state index in [0.29, 0.717) is 46.0 Å². The minimum absolute atomic E-state index is 0.163. The number of halogens is 4. The number of aliphatic carboxylic acids is 1. The van der Waals surface area contributed by atoms with Crippen molar-refractivity contribution in [3.63, 3.8) is 0 Å². The number of rotatable bonds is 3. The molecular formula is C22H23Cl4N5O2. The lowest BCUT2D eigenvalue weighted by Crippen LogP contribution is -2.36. The highest BCUT2D eigenvalue weighted by atomic mass is 35.5. The van der Waals surface area contributed by atoms with Gasteiger partial charge >= 0.3 is 5.97 Å². The molecule has 0 spiro atoms. The summed E-state index contributed by atoms with van der Waals surface area (Å²) in [5.41, 5.74) is 1.60. The Kier molecular flexibility index (Phi) is 9.27. The molecule has 33 heavy (non-hydrogen) atoms. The van der Waals surface area contributed by atoms with Crippen LogP contribution in [0.25, 0.3) is 0 Å². The number of carboxylic acids is 1. The number of aromatic nitrogens is 2. The van der Waals surface area contributed by atoms with E-state index < -0.39 is 5.97 Å². The number of anilines is 2. The van der Waals surface area contributed by atoms with E-state index in [1.165, 1.54) is 0 Å². The van der Waals surface area contributed by atoms with Gasteiger partial charge in [0, 0.05) is 56.9 Å². The largest absolute Gasteiger partial charge is 0.481 e. The zero-order valence-electron chi connectivity index (χ0n) is 17.7. The second kappa shape index (κ2) is 11.9. The predicted octanol–water partition coefficient (Wildman–Crippen LogP) is 5.82. The number of hydrogen-bond acceptors (Lipinski definition) is 6. The van der Waals surface area contributed by atoms with Crippen LogP contribution in [0.3, 0.4) is 0 Å². The summed E-state index contributed by atoms with van der Waals surface area (Å²) < 4.78 is 0. The molecule has 176 valence electrons. The molecule has 0 unspecified atom stereocenters. The Morgan fingerprint density at radius 3 is 1.52 bits per heavy atom. The van der Waals surface area contributed by atoms with Crippen molar-refractivity contribution in [2.24, 2.45) is 11.8 Å². The molecule has 4 rings (SSSR count). The first kappa shape index (κ1) is 25.6. The number of carbonyl (C=O) groups is 1. The van der Waals surface area contributed by atoms with Gasteiger partial charge in [-0.05, 0) is 25.7 Å². The fraction of sp³-hybridized carbons (Fsp3) is 0.455. The average Bonchev–Trinajstić information content (AvgIpc) is 2.80. The van der Waals surface area contributed by atoms with E-state index in [0.717, 1.165) is 37.3 Å². The van der Waals surface area contributed by atoms with E-state index in [9.17, 15) is 4.79 Å². The third kappa shape index (κ3) is 6.54. The molecule has 0 aliphatic carbocycles. The van der Waals surface area contributed by atoms with Crippen molar-refractivity contribution in [3.05, 3.63) is 44.9 Å². The zero-order valence-corrected chi connectivity index (χ0v) is 20.7. The number of piperidine rings is 2. The SMILES string of the molecule is N#CC1CCN(c2c(Cl)cncc2Cl)CC1.O=C(O)C1CCN(c2c(Cl)cncc2Cl)CC1. The van der Waals surface area contributed by atoms with Crippen molar-refractivity contribution in [1.29, 1.82) is 5.26 Å². The summed E-state index contributed by atoms with van der Waals surface area (Å²) in [7, 11) is 0. The summed E-state index contributed by atoms with van der Waals surface area (Å²) >= 11 is 24.3. The highest BCUT2D eigenvalue weighted by molar-refractivity contribution is 6.39. The van der Waals surface area contributed by atoms with E-state index in [4.69, 9.17) is 56.8 Å². The van der Waals surface area contributed by atoms with Crippen molar-refractivity contribution in [2.75, 3.05) is 36.0 Å². The zero-order chi connectivity index (χ0) is 24.0. The maximum atomic E-state index is 10.9. The highest BCUT2D eigenvalue weighted by Crippen LogP contribution is 2.36. The smallest absolute Gasteiger partial charge is 0.306 e. The number of carboxylic acid groups (broad SMARTS) is 1. The third-order valence-corrected chi connectivity index (χ3v) is 6.92. The van der Waals surface area contributed by atoms with Gasteiger partial charge in [0.1, 0.15) is 0 Å². The van der Waals surface area contributed by atoms with Gasteiger partial charge in [0.25, 0.3) is 0 Å². The molecule has 2 aromatic heterocycles. The number of nitrogens with zero attached hydrogens (tertiary/aromatic N) is 5. The predicted molar refractivity (Wildman–Crippen MR) is 132 cm³/mol. The fourth-order valence-electron chi connectivity index (χ4n) is 4.00. The maximum absolute atomic E-state index is 10.9. The quantitative estimate of drug-likeness (QED) is 0.534. The van der Waals surface area contributed by atoms with Gasteiger partial charge in [-0.2, -0.15) is 5.26 Å². The van der Waals surface area contributed by atoms with E-state index in [1.807, 2.05) is 4.90 Å². The lowest BCUT2D eigenvalue weighted by atomic mass is 9.97. The molecule has 1 N–H and O–H groups in total. The van der Waals surface area contributed by atoms with Gasteiger partial charge in [0.2, 0.25) is 0 Å². The Morgan fingerprint density at radius 1 is 0.818 bits per heavy atom. The molecule has 2 fully saturated rings. The number of pyridine rings is 2. The lowest BCUT2D eigenvalue weighted by molar-refractivity contribution is -0.142. The molecule has 11 heteroatoms. The average molecular weight is 531 g/mol. The van der Waals surface area contributed by atoms with Crippen molar-refractivity contribution >= 4 is 63.7 Å². The van der Waals surface area contributed by atoms with Crippen LogP contribution in [-0.2, 0) is 4.79 Å². The first-order valence-electron chi connectivity index (χ1n) is 10.5. The van der Waals surface area contributed by atoms with Crippen LogP contribution in [-0.4, -0.2) is 47.2 Å². The Bertz CT molecular complexity index is 976. The molecule has 0 radical (unpaired) electrons. The molecule has 0 saturated carbocycles. The topological polar surface area (TPSA) is 93.3 Å². The van der Waals surface area contributed by atoms with Crippen molar-refractivity contribution in [1.82, 2.24) is 9.97 Å². The summed E-state index contributed by atoms with van der Waals surface area (Å²) in [4.78, 5) is 22.8. The molecule has 2 saturated heterocycles. The Labute approximate surface area is 212 Å². The van der Waals surface area contributed by atoms with E-state index in [-0.39, 0.29) is 11.8 Å². The fourth-order valence-corrected chi connectivity index (χ4v) is 5.20. The Balaban J connectivity index is 0.000000186. The molecular weight excluding hydrogens is 508 g/mol. The number of hydrogen-bond donors (Lipinski definition) is 1. The minimum Gasteiger partial charge on any atom is -0.481 e. The molecule has 0 bridgehead atoms. The van der Waals surface area contributed by atoms with Gasteiger partial charge < -0.3 is 14.9 Å². The van der Waals surface area contributed by atoms with Gasteiger partial charge in [-0.15, -0.1) is 0 Å². The summed E-state index contributed by atoms with van der Waals surface area (Å²) in [5, 5.41) is 19.9. The van der Waals surface area contributed by atoms with Gasteiger partial charge in [-0.1, -0.05) is 46.4 Å². The monoisotopic (exact) mass is 529 g/mol. The van der Waals surface area contributed by atoms with Crippen molar-refractivity contribution in [2.45, 2.75) is 25.7 Å². The number of nitriles is 1. The molecule has 0 atom stereocenters. The Hall–Kier alpha value is -1.98. The normalized spacial score (nSPS) is 17.2. The molecule has 2 aromatic rings. The first-order chi connectivity index (χ1) is 15.8. The van der Waals surface area contributed by atoms with Crippen LogP contribution in [0.5, 0.6) is 0 Å². The third-order valence-electron chi connectivity index (χ3n) is 5.81. The van der Waals surface area contributed by atoms with Crippen LogP contribution in [0.1, 0.15) is 25.7 Å². The summed E-state index contributed by atoms with van der Waals surface area (Å²) in [6, 6.07) is 2.30. The van der Waals surface area contributed by atoms with Crippen LogP contribution in [0.15, 0.2) is 24.8 Å². The van der Waals surface area contributed by atoms with Gasteiger partial charge in [-0.3, -0.25) is 14.8 Å². The van der Waals surface area contributed by atoms with Crippen LogP contribution < -0.4 is 9.80 Å². The maximum Gasteiger partial charge on any atom is 0.306 e. The van der Waals surface area contributed by atoms with Gasteiger partial charge in [0.05, 0.1) is 43.5 Å². The molecule has 2 aliphatic heterocycles. The lowest BCUT2D eigenvalue weighted by Gasteiger charge is -2.32. The summed E-state index contributed by atoms with van der Waals surface area (Å²) in [6.45, 7) is 2.95. The van der Waals surface area contributed by atoms with Crippen molar-refractivity contribution < 1.29 is 9.90 Å². The molecule has 0 aromatic carbocycles. The molecule has 4 heterocycles. The van der Waals surface area contributed by atoms with E-state index in [1.54, 1.807) is 24.8 Å².